The summed E-state index contributed by atoms with van der Waals surface area (Å²) in [5.74, 6) is 1.90. The van der Waals surface area contributed by atoms with Gasteiger partial charge in [0.1, 0.15) is 5.82 Å². The molecule has 3 heterocycles. The quantitative estimate of drug-likeness (QED) is 0.329. The molecule has 0 atom stereocenters. The van der Waals surface area contributed by atoms with Crippen molar-refractivity contribution in [3.05, 3.63) is 64.7 Å². The Morgan fingerprint density at radius 3 is 2.75 bits per heavy atom. The van der Waals surface area contributed by atoms with E-state index in [0.717, 1.165) is 39.4 Å². The molecule has 0 spiro atoms. The Kier molecular flexibility index (Phi) is 5.89. The number of hydrogen-bond donors (Lipinski definition) is 3. The lowest BCUT2D eigenvalue weighted by Gasteiger charge is -2.13. The third-order valence-corrected chi connectivity index (χ3v) is 6.10. The second-order valence-electron chi connectivity index (χ2n) is 7.67. The van der Waals surface area contributed by atoms with Crippen molar-refractivity contribution >= 4 is 45.7 Å². The van der Waals surface area contributed by atoms with E-state index in [1.54, 1.807) is 12.4 Å². The van der Waals surface area contributed by atoms with E-state index >= 15 is 0 Å². The first kappa shape index (κ1) is 20.3. The summed E-state index contributed by atoms with van der Waals surface area (Å²) in [4.78, 5) is 30.7. The second-order valence-corrected chi connectivity index (χ2v) is 8.62. The van der Waals surface area contributed by atoms with Gasteiger partial charge in [0, 0.05) is 42.9 Å². The van der Waals surface area contributed by atoms with E-state index in [-0.39, 0.29) is 5.91 Å². The second kappa shape index (κ2) is 9.27. The number of aromatic nitrogens is 4. The van der Waals surface area contributed by atoms with Crippen LogP contribution in [-0.4, -0.2) is 38.9 Å². The first-order valence-corrected chi connectivity index (χ1v) is 11.5. The van der Waals surface area contributed by atoms with Gasteiger partial charge in [-0.15, -0.1) is 11.3 Å². The summed E-state index contributed by atoms with van der Waals surface area (Å²) in [7, 11) is 0. The van der Waals surface area contributed by atoms with Crippen molar-refractivity contribution in [2.75, 3.05) is 23.7 Å². The highest BCUT2D eigenvalue weighted by Crippen LogP contribution is 2.42. The fourth-order valence-corrected chi connectivity index (χ4v) is 4.09. The lowest BCUT2D eigenvalue weighted by Crippen LogP contribution is -2.25. The molecular formula is C23H23N7OS. The normalized spacial score (nSPS) is 13.1. The van der Waals surface area contributed by atoms with Crippen LogP contribution in [0.25, 0.3) is 11.0 Å². The third-order valence-electron chi connectivity index (χ3n) is 5.24. The molecule has 5 rings (SSSR count). The van der Waals surface area contributed by atoms with Gasteiger partial charge >= 0.3 is 0 Å². The Balaban J connectivity index is 1.21. The van der Waals surface area contributed by atoms with Gasteiger partial charge < -0.3 is 16.0 Å². The first-order valence-electron chi connectivity index (χ1n) is 10.7. The van der Waals surface area contributed by atoms with Crippen LogP contribution in [0.15, 0.2) is 54.3 Å². The van der Waals surface area contributed by atoms with E-state index in [1.807, 2.05) is 41.9 Å². The average Bonchev–Trinajstić information content (AvgIpc) is 3.51. The van der Waals surface area contributed by atoms with Crippen LogP contribution in [0, 0.1) is 0 Å². The summed E-state index contributed by atoms with van der Waals surface area (Å²) < 4.78 is 0. The first-order chi connectivity index (χ1) is 15.8. The molecular weight excluding hydrogens is 422 g/mol. The molecule has 3 N–H and O–H groups in total. The van der Waals surface area contributed by atoms with Crippen molar-refractivity contribution in [1.29, 1.82) is 0 Å². The van der Waals surface area contributed by atoms with Crippen molar-refractivity contribution in [2.24, 2.45) is 0 Å². The van der Waals surface area contributed by atoms with Gasteiger partial charge in [-0.2, -0.15) is 4.98 Å². The van der Waals surface area contributed by atoms with Crippen LogP contribution in [0.3, 0.4) is 0 Å². The smallest absolute Gasteiger partial charge is 0.261 e. The predicted molar refractivity (Wildman–Crippen MR) is 127 cm³/mol. The standard InChI is InChI=1S/C23H23N7OS/c31-22(20-3-1-12-32-20)27-9-2-8-26-21-17(15-4-5-15)14-28-23(30-21)29-16-6-7-18-19(13-16)25-11-10-24-18/h1,3,6-7,10-15H,2,4-5,8-9H2,(H,27,31)(H2,26,28,29,30). The number of anilines is 3. The number of thiophene rings is 1. The summed E-state index contributed by atoms with van der Waals surface area (Å²) in [6, 6.07) is 9.51. The van der Waals surface area contributed by atoms with Crippen LogP contribution in [0.2, 0.25) is 0 Å². The number of nitrogens with zero attached hydrogens (tertiary/aromatic N) is 4. The molecule has 1 aliphatic carbocycles. The molecule has 9 heteroatoms. The highest BCUT2D eigenvalue weighted by atomic mass is 32.1. The fourth-order valence-electron chi connectivity index (χ4n) is 3.45. The molecule has 0 saturated heterocycles. The molecule has 0 bridgehead atoms. The van der Waals surface area contributed by atoms with Gasteiger partial charge in [0.05, 0.1) is 15.9 Å². The number of carbonyl (C=O) groups excluding carboxylic acids is 1. The van der Waals surface area contributed by atoms with Gasteiger partial charge in [0.15, 0.2) is 0 Å². The number of nitrogens with one attached hydrogen (secondary N) is 3. The Morgan fingerprint density at radius 2 is 1.94 bits per heavy atom. The minimum atomic E-state index is -0.0210. The van der Waals surface area contributed by atoms with Crippen molar-refractivity contribution in [3.8, 4) is 0 Å². The minimum Gasteiger partial charge on any atom is -0.370 e. The number of hydrogen-bond acceptors (Lipinski definition) is 8. The van der Waals surface area contributed by atoms with Crippen molar-refractivity contribution < 1.29 is 4.79 Å². The molecule has 8 nitrogen and oxygen atoms in total. The minimum absolute atomic E-state index is 0.0210. The molecule has 0 unspecified atom stereocenters. The molecule has 1 amide bonds. The summed E-state index contributed by atoms with van der Waals surface area (Å²) in [6.07, 6.45) is 8.42. The molecule has 32 heavy (non-hydrogen) atoms. The molecule has 1 saturated carbocycles. The zero-order valence-electron chi connectivity index (χ0n) is 17.4. The van der Waals surface area contributed by atoms with E-state index in [2.05, 4.69) is 30.9 Å². The Morgan fingerprint density at radius 1 is 1.06 bits per heavy atom. The zero-order valence-corrected chi connectivity index (χ0v) is 18.2. The van der Waals surface area contributed by atoms with E-state index in [1.165, 1.54) is 24.2 Å². The summed E-state index contributed by atoms with van der Waals surface area (Å²) in [5, 5.41) is 11.6. The number of benzene rings is 1. The predicted octanol–water partition coefficient (Wildman–Crippen LogP) is 4.33. The molecule has 1 aromatic carbocycles. The van der Waals surface area contributed by atoms with Crippen molar-refractivity contribution in [3.63, 3.8) is 0 Å². The van der Waals surface area contributed by atoms with Crippen molar-refractivity contribution in [2.45, 2.75) is 25.2 Å². The Hall–Kier alpha value is -3.59. The van der Waals surface area contributed by atoms with Gasteiger partial charge in [-0.05, 0) is 54.8 Å². The van der Waals surface area contributed by atoms with Gasteiger partial charge in [0.2, 0.25) is 5.95 Å². The molecule has 1 aliphatic rings. The largest absolute Gasteiger partial charge is 0.370 e. The number of fused-ring (bicyclic) bond motifs is 1. The molecule has 162 valence electrons. The van der Waals surface area contributed by atoms with Crippen LogP contribution in [0.4, 0.5) is 17.5 Å². The number of amides is 1. The SMILES string of the molecule is O=C(NCCCNc1nc(Nc2ccc3nccnc3c2)ncc1C1CC1)c1cccs1. The van der Waals surface area contributed by atoms with Gasteiger partial charge in [0.25, 0.3) is 5.91 Å². The molecule has 4 aromatic rings. The third kappa shape index (κ3) is 4.83. The van der Waals surface area contributed by atoms with E-state index < -0.39 is 0 Å². The maximum absolute atomic E-state index is 12.0. The zero-order chi connectivity index (χ0) is 21.8. The highest BCUT2D eigenvalue weighted by Gasteiger charge is 2.27. The Labute approximate surface area is 189 Å². The summed E-state index contributed by atoms with van der Waals surface area (Å²) in [6.45, 7) is 1.32. The molecule has 1 fully saturated rings. The van der Waals surface area contributed by atoms with Crippen LogP contribution >= 0.6 is 11.3 Å². The van der Waals surface area contributed by atoms with E-state index in [4.69, 9.17) is 4.98 Å². The van der Waals surface area contributed by atoms with Crippen LogP contribution < -0.4 is 16.0 Å². The molecule has 3 aromatic heterocycles. The average molecular weight is 446 g/mol. The van der Waals surface area contributed by atoms with Gasteiger partial charge in [-0.3, -0.25) is 14.8 Å². The highest BCUT2D eigenvalue weighted by molar-refractivity contribution is 7.12. The lowest BCUT2D eigenvalue weighted by atomic mass is 10.2. The maximum Gasteiger partial charge on any atom is 0.261 e. The lowest BCUT2D eigenvalue weighted by molar-refractivity contribution is 0.0957. The maximum atomic E-state index is 12.0. The number of rotatable bonds is 9. The summed E-state index contributed by atoms with van der Waals surface area (Å²) in [5.41, 5.74) is 3.67. The van der Waals surface area contributed by atoms with E-state index in [0.29, 0.717) is 25.0 Å². The van der Waals surface area contributed by atoms with Gasteiger partial charge in [-0.25, -0.2) is 4.98 Å². The van der Waals surface area contributed by atoms with E-state index in [9.17, 15) is 4.79 Å². The molecule has 0 aliphatic heterocycles. The monoisotopic (exact) mass is 445 g/mol. The Bertz CT molecular complexity index is 1220. The summed E-state index contributed by atoms with van der Waals surface area (Å²) >= 11 is 1.45. The topological polar surface area (TPSA) is 105 Å². The molecule has 0 radical (unpaired) electrons. The van der Waals surface area contributed by atoms with Crippen LogP contribution in [-0.2, 0) is 0 Å². The van der Waals surface area contributed by atoms with Crippen LogP contribution in [0.5, 0.6) is 0 Å². The number of carbonyl (C=O) groups is 1. The van der Waals surface area contributed by atoms with Crippen molar-refractivity contribution in [1.82, 2.24) is 25.3 Å². The van der Waals surface area contributed by atoms with Crippen LogP contribution in [0.1, 0.15) is 40.4 Å². The fraction of sp³-hybridized carbons (Fsp3) is 0.261. The van der Waals surface area contributed by atoms with Gasteiger partial charge in [-0.1, -0.05) is 6.07 Å².